The lowest BCUT2D eigenvalue weighted by Crippen LogP contribution is -2.44. The summed E-state index contributed by atoms with van der Waals surface area (Å²) in [6, 6.07) is 0. The van der Waals surface area contributed by atoms with Gasteiger partial charge in [-0.05, 0) is 31.3 Å². The number of hydrogen-bond donors (Lipinski definition) is 0. The van der Waals surface area contributed by atoms with Gasteiger partial charge < -0.3 is 4.90 Å². The zero-order valence-electron chi connectivity index (χ0n) is 13.7. The van der Waals surface area contributed by atoms with Gasteiger partial charge >= 0.3 is 0 Å². The topological polar surface area (TPSA) is 20.3 Å². The summed E-state index contributed by atoms with van der Waals surface area (Å²) < 4.78 is 0. The number of allylic oxidation sites excluding steroid dienone is 3. The highest BCUT2D eigenvalue weighted by atomic mass is 16.2. The lowest BCUT2D eigenvalue weighted by atomic mass is 9.64. The van der Waals surface area contributed by atoms with Gasteiger partial charge in [0.05, 0.1) is 5.41 Å². The first-order valence-electron chi connectivity index (χ1n) is 7.40. The monoisotopic (exact) mass is 271 g/mol. The lowest BCUT2D eigenvalue weighted by molar-refractivity contribution is -0.139. The molecule has 0 aromatic rings. The van der Waals surface area contributed by atoms with E-state index < -0.39 is 5.41 Å². The molecule has 1 aliphatic heterocycles. The number of carbonyl (C=O) groups is 1. The SMILES string of the molecule is [B]C(=C)C1=C(/C=C\C)C(C(C)C)(C(C)C)C(=O)N1CC. The normalized spacial score (nSPS) is 19.0. The molecule has 0 unspecified atom stereocenters. The van der Waals surface area contributed by atoms with Gasteiger partial charge in [-0.15, -0.1) is 6.58 Å². The van der Waals surface area contributed by atoms with Crippen molar-refractivity contribution in [3.63, 3.8) is 0 Å². The maximum absolute atomic E-state index is 13.1. The first kappa shape index (κ1) is 16.8. The van der Waals surface area contributed by atoms with Crippen LogP contribution >= 0.6 is 0 Å². The van der Waals surface area contributed by atoms with Crippen LogP contribution in [0.4, 0.5) is 0 Å². The number of amides is 1. The predicted molar refractivity (Wildman–Crippen MR) is 86.2 cm³/mol. The standard InChI is InChI=1S/C17H26BNO/c1-8-10-14-15(13(7)18)19(9-2)16(20)17(14,11(3)4)12(5)6/h8,10-12H,7,9H2,1-6H3/b10-8-. The highest BCUT2D eigenvalue weighted by Gasteiger charge is 2.54. The van der Waals surface area contributed by atoms with E-state index >= 15 is 0 Å². The van der Waals surface area contributed by atoms with Crippen molar-refractivity contribution >= 4 is 13.8 Å². The molecule has 0 spiro atoms. The molecule has 0 aliphatic carbocycles. The van der Waals surface area contributed by atoms with E-state index in [1.54, 1.807) is 4.90 Å². The molecule has 2 radical (unpaired) electrons. The minimum absolute atomic E-state index is 0.153. The zero-order chi connectivity index (χ0) is 15.7. The van der Waals surface area contributed by atoms with Crippen LogP contribution in [0.3, 0.4) is 0 Å². The Morgan fingerprint density at radius 2 is 1.85 bits per heavy atom. The molecular weight excluding hydrogens is 245 g/mol. The third-order valence-electron chi connectivity index (χ3n) is 4.34. The summed E-state index contributed by atoms with van der Waals surface area (Å²) in [5.41, 5.74) is 1.78. The minimum Gasteiger partial charge on any atom is -0.312 e. The van der Waals surface area contributed by atoms with Gasteiger partial charge in [-0.3, -0.25) is 4.79 Å². The molecule has 20 heavy (non-hydrogen) atoms. The van der Waals surface area contributed by atoms with Crippen molar-refractivity contribution < 1.29 is 4.79 Å². The van der Waals surface area contributed by atoms with Crippen molar-refractivity contribution in [1.29, 1.82) is 0 Å². The van der Waals surface area contributed by atoms with Crippen molar-refractivity contribution in [2.45, 2.75) is 41.5 Å². The molecule has 0 bridgehead atoms. The Labute approximate surface area is 125 Å². The smallest absolute Gasteiger partial charge is 0.238 e. The van der Waals surface area contributed by atoms with Crippen LogP contribution in [-0.4, -0.2) is 25.2 Å². The van der Waals surface area contributed by atoms with Gasteiger partial charge in [0.1, 0.15) is 7.85 Å². The second-order valence-electron chi connectivity index (χ2n) is 6.02. The van der Waals surface area contributed by atoms with Gasteiger partial charge in [0.15, 0.2) is 0 Å². The first-order chi connectivity index (χ1) is 9.26. The van der Waals surface area contributed by atoms with Gasteiger partial charge in [0, 0.05) is 12.2 Å². The Bertz CT molecular complexity index is 463. The summed E-state index contributed by atoms with van der Waals surface area (Å²) in [4.78, 5) is 14.9. The molecule has 0 saturated heterocycles. The van der Waals surface area contributed by atoms with Gasteiger partial charge in [0.25, 0.3) is 0 Å². The molecule has 0 atom stereocenters. The van der Waals surface area contributed by atoms with Crippen LogP contribution in [0.1, 0.15) is 41.5 Å². The van der Waals surface area contributed by atoms with E-state index in [-0.39, 0.29) is 17.7 Å². The fourth-order valence-corrected chi connectivity index (χ4v) is 3.60. The van der Waals surface area contributed by atoms with E-state index in [1.165, 1.54) is 0 Å². The van der Waals surface area contributed by atoms with Crippen LogP contribution in [0.2, 0.25) is 0 Å². The molecule has 1 amide bonds. The molecule has 3 heteroatoms. The molecule has 0 saturated carbocycles. The molecule has 1 rings (SSSR count). The number of nitrogens with zero attached hydrogens (tertiary/aromatic N) is 1. The summed E-state index contributed by atoms with van der Waals surface area (Å²) >= 11 is 0. The van der Waals surface area contributed by atoms with Gasteiger partial charge in [-0.25, -0.2) is 0 Å². The highest BCUT2D eigenvalue weighted by molar-refractivity contribution is 6.24. The van der Waals surface area contributed by atoms with E-state index in [1.807, 2.05) is 26.0 Å². The van der Waals surface area contributed by atoms with Gasteiger partial charge in [-0.1, -0.05) is 45.3 Å². The van der Waals surface area contributed by atoms with Crippen LogP contribution in [0.15, 0.2) is 35.5 Å². The molecule has 0 aromatic heterocycles. The second kappa shape index (κ2) is 6.03. The zero-order valence-corrected chi connectivity index (χ0v) is 13.7. The summed E-state index contributed by atoms with van der Waals surface area (Å²) in [5.74, 6) is 0.555. The van der Waals surface area contributed by atoms with Crippen molar-refractivity contribution in [3.05, 3.63) is 35.5 Å². The van der Waals surface area contributed by atoms with Crippen LogP contribution in [0.25, 0.3) is 0 Å². The van der Waals surface area contributed by atoms with Gasteiger partial charge in [0.2, 0.25) is 5.91 Å². The molecule has 1 heterocycles. The summed E-state index contributed by atoms with van der Waals surface area (Å²) in [7, 11) is 5.99. The van der Waals surface area contributed by atoms with E-state index in [0.29, 0.717) is 12.0 Å². The lowest BCUT2D eigenvalue weighted by Gasteiger charge is -2.37. The maximum atomic E-state index is 13.1. The molecule has 0 aromatic carbocycles. The number of carbonyl (C=O) groups excluding carboxylic acids is 1. The molecule has 1 aliphatic rings. The molecule has 2 nitrogen and oxygen atoms in total. The quantitative estimate of drug-likeness (QED) is 0.699. The van der Waals surface area contributed by atoms with Crippen LogP contribution in [0, 0.1) is 17.3 Å². The highest BCUT2D eigenvalue weighted by Crippen LogP contribution is 2.52. The van der Waals surface area contributed by atoms with Gasteiger partial charge in [-0.2, -0.15) is 0 Å². The molecule has 0 N–H and O–H groups in total. The van der Waals surface area contributed by atoms with E-state index in [0.717, 1.165) is 11.3 Å². The third kappa shape index (κ3) is 2.17. The Hall–Kier alpha value is -1.25. The number of likely N-dealkylation sites (N-methyl/N-ethyl adjacent to an activating group) is 1. The summed E-state index contributed by atoms with van der Waals surface area (Å²) in [6.45, 7) is 16.9. The average Bonchev–Trinajstić information content (AvgIpc) is 2.59. The van der Waals surface area contributed by atoms with Crippen LogP contribution in [-0.2, 0) is 4.79 Å². The summed E-state index contributed by atoms with van der Waals surface area (Å²) in [5, 5.41) is 0. The van der Waals surface area contributed by atoms with Crippen molar-refractivity contribution in [3.8, 4) is 0 Å². The largest absolute Gasteiger partial charge is 0.312 e. The fraction of sp³-hybridized carbons (Fsp3) is 0.588. The Morgan fingerprint density at radius 3 is 2.15 bits per heavy atom. The fourth-order valence-electron chi connectivity index (χ4n) is 3.60. The molecular formula is C17H26BNO. The number of rotatable bonds is 5. The second-order valence-corrected chi connectivity index (χ2v) is 6.02. The average molecular weight is 271 g/mol. The molecule has 0 fully saturated rings. The van der Waals surface area contributed by atoms with Crippen LogP contribution < -0.4 is 0 Å². The van der Waals surface area contributed by atoms with E-state index in [4.69, 9.17) is 7.85 Å². The van der Waals surface area contributed by atoms with Crippen molar-refractivity contribution in [1.82, 2.24) is 4.90 Å². The number of hydrogen-bond acceptors (Lipinski definition) is 1. The molecule has 108 valence electrons. The predicted octanol–water partition coefficient (Wildman–Crippen LogP) is 3.66. The van der Waals surface area contributed by atoms with E-state index in [9.17, 15) is 4.79 Å². The van der Waals surface area contributed by atoms with Crippen molar-refractivity contribution in [2.75, 3.05) is 6.54 Å². The maximum Gasteiger partial charge on any atom is 0.238 e. The Morgan fingerprint density at radius 1 is 1.35 bits per heavy atom. The Kier molecular flexibility index (Phi) is 5.07. The minimum atomic E-state index is -0.514. The van der Waals surface area contributed by atoms with E-state index in [2.05, 4.69) is 34.3 Å². The van der Waals surface area contributed by atoms with Crippen molar-refractivity contribution in [2.24, 2.45) is 17.3 Å². The Balaban J connectivity index is 3.73. The third-order valence-corrected chi connectivity index (χ3v) is 4.34. The summed E-state index contributed by atoms with van der Waals surface area (Å²) in [6.07, 6.45) is 4.01. The first-order valence-corrected chi connectivity index (χ1v) is 7.40. The van der Waals surface area contributed by atoms with Crippen LogP contribution in [0.5, 0.6) is 0 Å².